The fourth-order valence-electron chi connectivity index (χ4n) is 3.55. The Hall–Kier alpha value is -1.19. The molecule has 1 aliphatic heterocycles. The number of aromatic nitrogens is 1. The maximum Gasteiger partial charge on any atom is 0.191 e. The molecule has 0 aliphatic carbocycles. The lowest BCUT2D eigenvalue weighted by molar-refractivity contribution is 0.245. The second-order valence-electron chi connectivity index (χ2n) is 7.12. The summed E-state index contributed by atoms with van der Waals surface area (Å²) >= 11 is 1.75. The van der Waals surface area contributed by atoms with Crippen LogP contribution in [0.25, 0.3) is 0 Å². The van der Waals surface area contributed by atoms with Crippen LogP contribution in [-0.4, -0.2) is 48.6 Å². The standard InChI is InChI=1S/C21H31N5S.HI/c1-17-16-27-20(25-17)11-6-12-23-21(22-2)24-14-19-10-7-13-26(19)15-18-8-4-3-5-9-18;/h3-5,8-9,16,19H,6-7,10-15H2,1-2H3,(H2,22,23,24);1H. The number of aliphatic imine (C=N–C) groups is 1. The summed E-state index contributed by atoms with van der Waals surface area (Å²) in [6.45, 7) is 6.12. The molecule has 1 unspecified atom stereocenters. The Bertz CT molecular complexity index is 719. The molecule has 2 N–H and O–H groups in total. The Morgan fingerprint density at radius 2 is 2.11 bits per heavy atom. The first kappa shape index (κ1) is 23.1. The summed E-state index contributed by atoms with van der Waals surface area (Å²) in [7, 11) is 1.84. The first-order valence-corrected chi connectivity index (χ1v) is 10.8. The summed E-state index contributed by atoms with van der Waals surface area (Å²) in [4.78, 5) is 11.5. The van der Waals surface area contributed by atoms with Crippen molar-refractivity contribution in [2.24, 2.45) is 4.99 Å². The highest BCUT2D eigenvalue weighted by molar-refractivity contribution is 14.0. The second-order valence-corrected chi connectivity index (χ2v) is 8.06. The van der Waals surface area contributed by atoms with Crippen LogP contribution in [0.1, 0.15) is 35.5 Å². The van der Waals surface area contributed by atoms with Gasteiger partial charge in [-0.3, -0.25) is 9.89 Å². The number of hydrogen-bond acceptors (Lipinski definition) is 4. The highest BCUT2D eigenvalue weighted by atomic mass is 127. The highest BCUT2D eigenvalue weighted by Gasteiger charge is 2.24. The van der Waals surface area contributed by atoms with Crippen molar-refractivity contribution < 1.29 is 0 Å². The maximum absolute atomic E-state index is 4.52. The number of aryl methyl sites for hydroxylation is 2. The van der Waals surface area contributed by atoms with Gasteiger partial charge in [-0.1, -0.05) is 30.3 Å². The molecule has 0 bridgehead atoms. The van der Waals surface area contributed by atoms with Gasteiger partial charge in [0.2, 0.25) is 0 Å². The van der Waals surface area contributed by atoms with Crippen molar-refractivity contribution in [3.8, 4) is 0 Å². The third-order valence-electron chi connectivity index (χ3n) is 4.98. The van der Waals surface area contributed by atoms with Crippen molar-refractivity contribution in [1.82, 2.24) is 20.5 Å². The maximum atomic E-state index is 4.52. The van der Waals surface area contributed by atoms with Crippen LogP contribution >= 0.6 is 35.3 Å². The number of nitrogens with zero attached hydrogens (tertiary/aromatic N) is 3. The zero-order valence-corrected chi connectivity index (χ0v) is 20.0. The number of hydrogen-bond donors (Lipinski definition) is 2. The number of benzene rings is 1. The SMILES string of the molecule is CN=C(NCCCc1nc(C)cs1)NCC1CCCN1Cc1ccccc1.I. The van der Waals surface area contributed by atoms with Gasteiger partial charge in [0.25, 0.3) is 0 Å². The summed E-state index contributed by atoms with van der Waals surface area (Å²) in [6.07, 6.45) is 4.62. The molecule has 0 amide bonds. The molecule has 154 valence electrons. The molecular formula is C21H32IN5S. The van der Waals surface area contributed by atoms with Crippen LogP contribution in [0.2, 0.25) is 0 Å². The lowest BCUT2D eigenvalue weighted by Gasteiger charge is -2.25. The Kier molecular flexibility index (Phi) is 10.2. The van der Waals surface area contributed by atoms with E-state index in [9.17, 15) is 0 Å². The molecule has 5 nitrogen and oxygen atoms in total. The van der Waals surface area contributed by atoms with Crippen molar-refractivity contribution in [2.75, 3.05) is 26.7 Å². The molecule has 1 fully saturated rings. The summed E-state index contributed by atoms with van der Waals surface area (Å²) in [6, 6.07) is 11.3. The molecule has 7 heteroatoms. The van der Waals surface area contributed by atoms with Gasteiger partial charge in [0.1, 0.15) is 0 Å². The first-order valence-electron chi connectivity index (χ1n) is 9.88. The molecule has 0 saturated carbocycles. The Labute approximate surface area is 190 Å². The molecule has 0 spiro atoms. The zero-order valence-electron chi connectivity index (χ0n) is 16.9. The third-order valence-corrected chi connectivity index (χ3v) is 6.01. The zero-order chi connectivity index (χ0) is 18.9. The van der Waals surface area contributed by atoms with E-state index in [1.807, 2.05) is 14.0 Å². The Balaban J connectivity index is 0.00000280. The first-order chi connectivity index (χ1) is 13.2. The quantitative estimate of drug-likeness (QED) is 0.244. The molecule has 1 aliphatic rings. The monoisotopic (exact) mass is 513 g/mol. The van der Waals surface area contributed by atoms with Gasteiger partial charge in [0.05, 0.1) is 5.01 Å². The minimum Gasteiger partial charge on any atom is -0.356 e. The minimum absolute atomic E-state index is 0. The van der Waals surface area contributed by atoms with E-state index in [4.69, 9.17) is 0 Å². The van der Waals surface area contributed by atoms with Crippen molar-refractivity contribution in [1.29, 1.82) is 0 Å². The number of likely N-dealkylation sites (tertiary alicyclic amines) is 1. The number of thiazole rings is 1. The van der Waals surface area contributed by atoms with Crippen LogP contribution in [0.3, 0.4) is 0 Å². The van der Waals surface area contributed by atoms with Crippen molar-refractivity contribution in [2.45, 2.75) is 45.2 Å². The number of rotatable bonds is 8. The molecular weight excluding hydrogens is 481 g/mol. The van der Waals surface area contributed by atoms with Gasteiger partial charge in [0.15, 0.2) is 5.96 Å². The fourth-order valence-corrected chi connectivity index (χ4v) is 4.37. The van der Waals surface area contributed by atoms with Gasteiger partial charge in [-0.2, -0.15) is 0 Å². The predicted octanol–water partition coefficient (Wildman–Crippen LogP) is 3.83. The van der Waals surface area contributed by atoms with Crippen molar-refractivity contribution in [3.05, 3.63) is 52.0 Å². The number of halogens is 1. The number of nitrogens with one attached hydrogen (secondary N) is 2. The van der Waals surface area contributed by atoms with Gasteiger partial charge >= 0.3 is 0 Å². The van der Waals surface area contributed by atoms with Gasteiger partial charge in [-0.15, -0.1) is 35.3 Å². The Morgan fingerprint density at radius 1 is 1.29 bits per heavy atom. The largest absolute Gasteiger partial charge is 0.356 e. The van der Waals surface area contributed by atoms with Crippen molar-refractivity contribution >= 4 is 41.3 Å². The predicted molar refractivity (Wildman–Crippen MR) is 130 cm³/mol. The van der Waals surface area contributed by atoms with Crippen LogP contribution in [0.15, 0.2) is 40.7 Å². The molecule has 1 aromatic heterocycles. The van der Waals surface area contributed by atoms with Crippen LogP contribution < -0.4 is 10.6 Å². The van der Waals surface area contributed by atoms with Crippen LogP contribution in [0.5, 0.6) is 0 Å². The normalized spacial score (nSPS) is 17.4. The third kappa shape index (κ3) is 7.33. The van der Waals surface area contributed by atoms with E-state index in [0.29, 0.717) is 6.04 Å². The molecule has 0 radical (unpaired) electrons. The van der Waals surface area contributed by atoms with Gasteiger partial charge < -0.3 is 10.6 Å². The van der Waals surface area contributed by atoms with E-state index < -0.39 is 0 Å². The topological polar surface area (TPSA) is 52.6 Å². The Morgan fingerprint density at radius 3 is 2.82 bits per heavy atom. The lowest BCUT2D eigenvalue weighted by atomic mass is 10.2. The van der Waals surface area contributed by atoms with Crippen LogP contribution in [-0.2, 0) is 13.0 Å². The summed E-state index contributed by atoms with van der Waals surface area (Å²) in [5, 5.41) is 10.3. The van der Waals surface area contributed by atoms with Gasteiger partial charge in [-0.25, -0.2) is 4.98 Å². The number of guanidine groups is 1. The minimum atomic E-state index is 0. The van der Waals surface area contributed by atoms with E-state index in [1.54, 1.807) is 11.3 Å². The second kappa shape index (κ2) is 12.4. The van der Waals surface area contributed by atoms with E-state index in [0.717, 1.165) is 44.1 Å². The van der Waals surface area contributed by atoms with Crippen LogP contribution in [0, 0.1) is 6.92 Å². The molecule has 3 rings (SSSR count). The average molecular weight is 513 g/mol. The van der Waals surface area contributed by atoms with E-state index >= 15 is 0 Å². The van der Waals surface area contributed by atoms with E-state index in [-0.39, 0.29) is 24.0 Å². The highest BCUT2D eigenvalue weighted by Crippen LogP contribution is 2.19. The molecule has 2 heterocycles. The van der Waals surface area contributed by atoms with E-state index in [1.165, 1.54) is 30.0 Å². The molecule has 28 heavy (non-hydrogen) atoms. The van der Waals surface area contributed by atoms with E-state index in [2.05, 4.69) is 61.2 Å². The summed E-state index contributed by atoms with van der Waals surface area (Å²) < 4.78 is 0. The smallest absolute Gasteiger partial charge is 0.191 e. The molecule has 1 atom stereocenters. The summed E-state index contributed by atoms with van der Waals surface area (Å²) in [5.74, 6) is 0.900. The van der Waals surface area contributed by atoms with Crippen LogP contribution in [0.4, 0.5) is 0 Å². The molecule has 1 saturated heterocycles. The lowest BCUT2D eigenvalue weighted by Crippen LogP contribution is -2.44. The molecule has 1 aromatic carbocycles. The fraction of sp³-hybridized carbons (Fsp3) is 0.524. The van der Waals surface area contributed by atoms with Gasteiger partial charge in [0, 0.05) is 50.2 Å². The molecule has 2 aromatic rings. The average Bonchev–Trinajstić information content (AvgIpc) is 3.31. The summed E-state index contributed by atoms with van der Waals surface area (Å²) in [5.41, 5.74) is 2.52. The van der Waals surface area contributed by atoms with Gasteiger partial charge in [-0.05, 0) is 38.3 Å². The van der Waals surface area contributed by atoms with Crippen molar-refractivity contribution in [3.63, 3.8) is 0 Å².